The molecule has 1 heterocycles. The van der Waals surface area contributed by atoms with Crippen molar-refractivity contribution < 1.29 is 13.2 Å². The van der Waals surface area contributed by atoms with Crippen LogP contribution in [0.3, 0.4) is 0 Å². The number of hydrogen-bond donors (Lipinski definition) is 1. The van der Waals surface area contributed by atoms with Crippen LogP contribution >= 0.6 is 15.9 Å². The lowest BCUT2D eigenvalue weighted by Crippen LogP contribution is -2.14. The molecule has 1 atom stereocenters. The highest BCUT2D eigenvalue weighted by Crippen LogP contribution is 2.35. The number of alkyl halides is 3. The van der Waals surface area contributed by atoms with Crippen molar-refractivity contribution in [2.45, 2.75) is 33.0 Å². The zero-order valence-electron chi connectivity index (χ0n) is 14.4. The van der Waals surface area contributed by atoms with Crippen LogP contribution < -0.4 is 5.32 Å². The molecule has 3 nitrogen and oxygen atoms in total. The number of aryl methyl sites for hydroxylation is 1. The smallest absolute Gasteiger partial charge is 0.362 e. The van der Waals surface area contributed by atoms with Crippen molar-refractivity contribution in [1.82, 2.24) is 10.2 Å². The van der Waals surface area contributed by atoms with Gasteiger partial charge < -0.3 is 5.32 Å². The first-order valence-electron chi connectivity index (χ1n) is 8.04. The molecule has 1 aromatic heterocycles. The number of halogens is 4. The predicted octanol–water partition coefficient (Wildman–Crippen LogP) is 6.20. The van der Waals surface area contributed by atoms with Crippen LogP contribution in [-0.4, -0.2) is 10.2 Å². The molecule has 136 valence electrons. The van der Waals surface area contributed by atoms with Crippen LogP contribution in [-0.2, 0) is 6.18 Å². The van der Waals surface area contributed by atoms with E-state index in [1.807, 2.05) is 32.0 Å². The van der Waals surface area contributed by atoms with Gasteiger partial charge in [0.15, 0.2) is 5.82 Å². The molecule has 7 heteroatoms. The van der Waals surface area contributed by atoms with Gasteiger partial charge in [0.25, 0.3) is 0 Å². The van der Waals surface area contributed by atoms with E-state index in [0.29, 0.717) is 11.4 Å². The number of nitrogens with zero attached hydrogens (tertiary/aromatic N) is 2. The van der Waals surface area contributed by atoms with Crippen LogP contribution in [0.25, 0.3) is 10.8 Å². The number of rotatable bonds is 3. The van der Waals surface area contributed by atoms with Crippen molar-refractivity contribution in [3.63, 3.8) is 0 Å². The third-order valence-corrected chi connectivity index (χ3v) is 4.92. The average molecular weight is 424 g/mol. The number of nitrogens with one attached hydrogen (secondary N) is 1. The lowest BCUT2D eigenvalue weighted by atomic mass is 9.97. The molecule has 3 rings (SSSR count). The van der Waals surface area contributed by atoms with E-state index in [-0.39, 0.29) is 11.6 Å². The first-order valence-corrected chi connectivity index (χ1v) is 8.83. The van der Waals surface area contributed by atoms with Gasteiger partial charge in [-0.05, 0) is 50.1 Å². The maximum absolute atomic E-state index is 13.2. The molecule has 3 aromatic rings. The third-order valence-electron chi connectivity index (χ3n) is 4.43. The zero-order valence-corrected chi connectivity index (χ0v) is 16.0. The molecule has 1 N–H and O–H groups in total. The first-order chi connectivity index (χ1) is 12.2. The lowest BCUT2D eigenvalue weighted by molar-refractivity contribution is -0.138. The summed E-state index contributed by atoms with van der Waals surface area (Å²) in [6.07, 6.45) is -4.37. The molecule has 26 heavy (non-hydrogen) atoms. The maximum atomic E-state index is 13.2. The Kier molecular flexibility index (Phi) is 4.92. The molecule has 0 aliphatic rings. The summed E-state index contributed by atoms with van der Waals surface area (Å²) in [6.45, 7) is 5.17. The first kappa shape index (κ1) is 18.6. The Morgan fingerprint density at radius 2 is 1.77 bits per heavy atom. The van der Waals surface area contributed by atoms with Gasteiger partial charge >= 0.3 is 6.18 Å². The normalized spacial score (nSPS) is 13.0. The van der Waals surface area contributed by atoms with Crippen molar-refractivity contribution in [1.29, 1.82) is 0 Å². The summed E-state index contributed by atoms with van der Waals surface area (Å²) in [7, 11) is 0. The zero-order chi connectivity index (χ0) is 19.1. The van der Waals surface area contributed by atoms with Gasteiger partial charge in [0.1, 0.15) is 0 Å². The fraction of sp³-hybridized carbons (Fsp3) is 0.263. The van der Waals surface area contributed by atoms with E-state index >= 15 is 0 Å². The number of hydrogen-bond acceptors (Lipinski definition) is 3. The number of anilines is 1. The highest BCUT2D eigenvalue weighted by molar-refractivity contribution is 9.10. The average Bonchev–Trinajstić information content (AvgIpc) is 2.56. The van der Waals surface area contributed by atoms with Crippen molar-refractivity contribution >= 4 is 32.5 Å². The standard InChI is InChI=1S/C19H17BrF3N3/c1-10-14(5-4-6-17(10)19(21,22)23)11(2)24-18-16-9-13(20)7-8-15(16)12(3)25-26-18/h4-9,11H,1-3H3,(H,24,26)/t11-/m1/s1. The molecular weight excluding hydrogens is 407 g/mol. The van der Waals surface area contributed by atoms with Crippen molar-refractivity contribution in [2.75, 3.05) is 5.32 Å². The number of fused-ring (bicyclic) bond motifs is 1. The summed E-state index contributed by atoms with van der Waals surface area (Å²) in [5.74, 6) is 0.538. The van der Waals surface area contributed by atoms with Crippen LogP contribution in [0.1, 0.15) is 35.3 Å². The lowest BCUT2D eigenvalue weighted by Gasteiger charge is -2.21. The molecule has 0 saturated heterocycles. The molecule has 0 unspecified atom stereocenters. The van der Waals surface area contributed by atoms with Crippen LogP contribution in [0.5, 0.6) is 0 Å². The summed E-state index contributed by atoms with van der Waals surface area (Å²) in [4.78, 5) is 0. The molecule has 0 fully saturated rings. The van der Waals surface area contributed by atoms with E-state index in [9.17, 15) is 13.2 Å². The fourth-order valence-corrected chi connectivity index (χ4v) is 3.44. The van der Waals surface area contributed by atoms with Crippen LogP contribution in [0.4, 0.5) is 19.0 Å². The van der Waals surface area contributed by atoms with Crippen LogP contribution in [0.15, 0.2) is 40.9 Å². The van der Waals surface area contributed by atoms with Crippen LogP contribution in [0, 0.1) is 13.8 Å². The molecule has 0 aliphatic carbocycles. The summed E-state index contributed by atoms with van der Waals surface area (Å²) < 4.78 is 40.4. The Balaban J connectivity index is 2.02. The number of aromatic nitrogens is 2. The van der Waals surface area contributed by atoms with Crippen LogP contribution in [0.2, 0.25) is 0 Å². The van der Waals surface area contributed by atoms with E-state index in [0.717, 1.165) is 27.0 Å². The van der Waals surface area contributed by atoms with Gasteiger partial charge in [-0.15, -0.1) is 5.10 Å². The molecule has 0 amide bonds. The highest BCUT2D eigenvalue weighted by atomic mass is 79.9. The second kappa shape index (κ2) is 6.87. The number of benzene rings is 2. The van der Waals surface area contributed by atoms with Gasteiger partial charge in [-0.1, -0.05) is 34.1 Å². The van der Waals surface area contributed by atoms with E-state index in [1.54, 1.807) is 6.07 Å². The molecule has 0 saturated carbocycles. The van der Waals surface area contributed by atoms with Gasteiger partial charge in [-0.25, -0.2) is 0 Å². The molecular formula is C19H17BrF3N3. The molecule has 2 aromatic carbocycles. The Hall–Kier alpha value is -2.15. The second-order valence-electron chi connectivity index (χ2n) is 6.21. The van der Waals surface area contributed by atoms with Crippen molar-refractivity contribution in [3.05, 3.63) is 63.3 Å². The molecule has 0 spiro atoms. The largest absolute Gasteiger partial charge is 0.416 e. The topological polar surface area (TPSA) is 37.8 Å². The van der Waals surface area contributed by atoms with E-state index < -0.39 is 11.7 Å². The van der Waals surface area contributed by atoms with E-state index in [2.05, 4.69) is 31.4 Å². The van der Waals surface area contributed by atoms with Gasteiger partial charge in [0.05, 0.1) is 17.3 Å². The third kappa shape index (κ3) is 3.53. The quantitative estimate of drug-likeness (QED) is 0.544. The SMILES string of the molecule is Cc1c([C@@H](C)Nc2nnc(C)c3ccc(Br)cc23)cccc1C(F)(F)F. The van der Waals surface area contributed by atoms with Gasteiger partial charge in [0, 0.05) is 15.2 Å². The Morgan fingerprint density at radius 1 is 1.04 bits per heavy atom. The maximum Gasteiger partial charge on any atom is 0.416 e. The minimum Gasteiger partial charge on any atom is -0.362 e. The Morgan fingerprint density at radius 3 is 2.46 bits per heavy atom. The minimum absolute atomic E-state index is 0.213. The highest BCUT2D eigenvalue weighted by Gasteiger charge is 2.33. The fourth-order valence-electron chi connectivity index (χ4n) is 3.08. The Labute approximate surface area is 157 Å². The van der Waals surface area contributed by atoms with Gasteiger partial charge in [-0.3, -0.25) is 0 Å². The molecule has 0 bridgehead atoms. The summed E-state index contributed by atoms with van der Waals surface area (Å²) in [5, 5.41) is 13.4. The summed E-state index contributed by atoms with van der Waals surface area (Å²) in [5.41, 5.74) is 0.961. The minimum atomic E-state index is -4.37. The monoisotopic (exact) mass is 423 g/mol. The van der Waals surface area contributed by atoms with E-state index in [4.69, 9.17) is 0 Å². The summed E-state index contributed by atoms with van der Waals surface area (Å²) >= 11 is 3.44. The molecule has 0 radical (unpaired) electrons. The van der Waals surface area contributed by atoms with E-state index in [1.165, 1.54) is 13.0 Å². The predicted molar refractivity (Wildman–Crippen MR) is 100 cm³/mol. The van der Waals surface area contributed by atoms with Crippen molar-refractivity contribution in [3.8, 4) is 0 Å². The van der Waals surface area contributed by atoms with Gasteiger partial charge in [-0.2, -0.15) is 18.3 Å². The molecule has 0 aliphatic heterocycles. The summed E-state index contributed by atoms with van der Waals surface area (Å²) in [6, 6.07) is 9.64. The van der Waals surface area contributed by atoms with Crippen molar-refractivity contribution in [2.24, 2.45) is 0 Å². The second-order valence-corrected chi connectivity index (χ2v) is 7.12. The Bertz CT molecular complexity index is 970. The van der Waals surface area contributed by atoms with Gasteiger partial charge in [0.2, 0.25) is 0 Å².